The molecule has 104 valence electrons. The number of ether oxygens (including phenoxy) is 2. The Bertz CT molecular complexity index is 610. The summed E-state index contributed by atoms with van der Waals surface area (Å²) in [4.78, 5) is 26.5. The van der Waals surface area contributed by atoms with Gasteiger partial charge in [-0.15, -0.1) is 0 Å². The van der Waals surface area contributed by atoms with Crippen LogP contribution in [0.25, 0.3) is 0 Å². The first-order valence-corrected chi connectivity index (χ1v) is 6.37. The van der Waals surface area contributed by atoms with Gasteiger partial charge in [-0.1, -0.05) is 24.3 Å². The molecular weight excluding hydrogens is 258 g/mol. The van der Waals surface area contributed by atoms with Crippen LogP contribution >= 0.6 is 0 Å². The lowest BCUT2D eigenvalue weighted by molar-refractivity contribution is -0.153. The van der Waals surface area contributed by atoms with E-state index in [4.69, 9.17) is 9.47 Å². The maximum Gasteiger partial charge on any atom is 0.337 e. The summed E-state index contributed by atoms with van der Waals surface area (Å²) in [5, 5.41) is 0. The monoisotopic (exact) mass is 273 g/mol. The number of para-hydroxylation sites is 1. The number of hydrogen-bond acceptors (Lipinski definition) is 5. The van der Waals surface area contributed by atoms with Gasteiger partial charge in [0.15, 0.2) is 5.54 Å². The molecule has 0 N–H and O–H groups in total. The largest absolute Gasteiger partial charge is 0.468 e. The summed E-state index contributed by atoms with van der Waals surface area (Å²) >= 11 is 0. The number of rotatable bonds is 2. The molecule has 5 heteroatoms. The Labute approximate surface area is 116 Å². The third-order valence-electron chi connectivity index (χ3n) is 4.03. The summed E-state index contributed by atoms with van der Waals surface area (Å²) in [6.45, 7) is 0.569. The highest BCUT2D eigenvalue weighted by Crippen LogP contribution is 2.51. The van der Waals surface area contributed by atoms with Gasteiger partial charge in [-0.25, -0.2) is 4.79 Å². The van der Waals surface area contributed by atoms with Crippen molar-refractivity contribution in [3.8, 4) is 0 Å². The second-order valence-electron chi connectivity index (χ2n) is 4.84. The average Bonchev–Trinajstić information content (AvgIpc) is 3.02. The van der Waals surface area contributed by atoms with E-state index in [0.29, 0.717) is 6.54 Å². The highest BCUT2D eigenvalue weighted by molar-refractivity contribution is 6.02. The van der Waals surface area contributed by atoms with Gasteiger partial charge < -0.3 is 14.4 Å². The molecule has 0 saturated carbocycles. The predicted molar refractivity (Wildman–Crippen MR) is 72.4 cm³/mol. The van der Waals surface area contributed by atoms with Gasteiger partial charge in [0, 0.05) is 12.2 Å². The van der Waals surface area contributed by atoms with Crippen LogP contribution in [-0.4, -0.2) is 38.2 Å². The van der Waals surface area contributed by atoms with Crippen molar-refractivity contribution in [2.45, 2.75) is 11.5 Å². The fraction of sp³-hybridized carbons (Fsp3) is 0.333. The summed E-state index contributed by atoms with van der Waals surface area (Å²) in [6, 6.07) is 7.50. The van der Waals surface area contributed by atoms with Crippen LogP contribution in [0.1, 0.15) is 11.5 Å². The first kappa shape index (κ1) is 12.7. The number of esters is 2. The highest BCUT2D eigenvalue weighted by atomic mass is 16.5. The van der Waals surface area contributed by atoms with Crippen LogP contribution in [0.4, 0.5) is 5.69 Å². The van der Waals surface area contributed by atoms with Gasteiger partial charge in [0.25, 0.3) is 0 Å². The molecule has 1 aromatic carbocycles. The van der Waals surface area contributed by atoms with E-state index in [2.05, 4.69) is 0 Å². The smallest absolute Gasteiger partial charge is 0.337 e. The van der Waals surface area contributed by atoms with Crippen molar-refractivity contribution in [3.05, 3.63) is 42.0 Å². The lowest BCUT2D eigenvalue weighted by Crippen LogP contribution is -2.53. The summed E-state index contributed by atoms with van der Waals surface area (Å²) in [6.07, 6.45) is 3.63. The van der Waals surface area contributed by atoms with E-state index in [1.54, 1.807) is 6.08 Å². The molecule has 20 heavy (non-hydrogen) atoms. The van der Waals surface area contributed by atoms with E-state index in [0.717, 1.165) is 11.3 Å². The maximum atomic E-state index is 12.4. The second-order valence-corrected chi connectivity index (χ2v) is 4.84. The van der Waals surface area contributed by atoms with Gasteiger partial charge in [-0.2, -0.15) is 0 Å². The summed E-state index contributed by atoms with van der Waals surface area (Å²) < 4.78 is 9.87. The van der Waals surface area contributed by atoms with E-state index in [9.17, 15) is 9.59 Å². The molecule has 0 aromatic heterocycles. The van der Waals surface area contributed by atoms with E-state index >= 15 is 0 Å². The number of anilines is 1. The molecule has 0 unspecified atom stereocenters. The molecule has 2 heterocycles. The normalized spacial score (nSPS) is 26.1. The zero-order chi connectivity index (χ0) is 14.3. The van der Waals surface area contributed by atoms with Gasteiger partial charge in [-0.3, -0.25) is 4.79 Å². The molecule has 0 bridgehead atoms. The van der Waals surface area contributed by atoms with Crippen LogP contribution in [0.2, 0.25) is 0 Å². The molecule has 0 spiro atoms. The van der Waals surface area contributed by atoms with Crippen molar-refractivity contribution in [2.75, 3.05) is 25.7 Å². The van der Waals surface area contributed by atoms with Gasteiger partial charge in [-0.05, 0) is 17.7 Å². The first-order valence-electron chi connectivity index (χ1n) is 6.37. The third kappa shape index (κ3) is 1.37. The standard InChI is InChI=1S/C15H15NO4/c1-19-13(17)12-10-6-3-4-7-11(10)16-9-5-8-15(12,16)14(18)20-2/h3-8,12H,9H2,1-2H3/t12-,15+/m1/s1. The van der Waals surface area contributed by atoms with E-state index in [1.165, 1.54) is 14.2 Å². The number of nitrogens with zero attached hydrogens (tertiary/aromatic N) is 1. The van der Waals surface area contributed by atoms with Crippen molar-refractivity contribution in [2.24, 2.45) is 0 Å². The van der Waals surface area contributed by atoms with Crippen molar-refractivity contribution < 1.29 is 19.1 Å². The van der Waals surface area contributed by atoms with Crippen LogP contribution in [0, 0.1) is 0 Å². The summed E-state index contributed by atoms with van der Waals surface area (Å²) in [7, 11) is 2.66. The molecule has 5 nitrogen and oxygen atoms in total. The number of methoxy groups -OCH3 is 2. The minimum Gasteiger partial charge on any atom is -0.468 e. The molecule has 0 saturated heterocycles. The summed E-state index contributed by atoms with van der Waals surface area (Å²) in [5.74, 6) is -1.58. The lowest BCUT2D eigenvalue weighted by atomic mass is 9.82. The quantitative estimate of drug-likeness (QED) is 0.599. The molecule has 2 atom stereocenters. The molecule has 2 aliphatic rings. The minimum absolute atomic E-state index is 0.433. The number of carbonyl (C=O) groups is 2. The second kappa shape index (κ2) is 4.37. The fourth-order valence-corrected chi connectivity index (χ4v) is 3.23. The Kier molecular flexibility index (Phi) is 2.78. The van der Waals surface area contributed by atoms with Gasteiger partial charge in [0.05, 0.1) is 14.2 Å². The lowest BCUT2D eigenvalue weighted by Gasteiger charge is -2.33. The zero-order valence-corrected chi connectivity index (χ0v) is 11.3. The van der Waals surface area contributed by atoms with Crippen molar-refractivity contribution in [1.29, 1.82) is 0 Å². The molecule has 0 radical (unpaired) electrons. The Morgan fingerprint density at radius 2 is 2.00 bits per heavy atom. The Hall–Kier alpha value is -2.30. The number of benzene rings is 1. The highest BCUT2D eigenvalue weighted by Gasteiger charge is 2.61. The Balaban J connectivity index is 2.23. The van der Waals surface area contributed by atoms with Gasteiger partial charge >= 0.3 is 11.9 Å². The number of hydrogen-bond donors (Lipinski definition) is 0. The SMILES string of the molecule is COC(=O)[C@H]1c2ccccc2N2CC=C[C@@]12C(=O)OC. The zero-order valence-electron chi connectivity index (χ0n) is 11.3. The molecule has 1 aromatic rings. The Morgan fingerprint density at radius 3 is 2.70 bits per heavy atom. The van der Waals surface area contributed by atoms with E-state index in [1.807, 2.05) is 35.2 Å². The molecule has 0 aliphatic carbocycles. The fourth-order valence-electron chi connectivity index (χ4n) is 3.23. The van der Waals surface area contributed by atoms with E-state index in [-0.39, 0.29) is 0 Å². The van der Waals surface area contributed by atoms with Crippen LogP contribution < -0.4 is 4.90 Å². The number of carbonyl (C=O) groups excluding carboxylic acids is 2. The van der Waals surface area contributed by atoms with Crippen LogP contribution in [0.5, 0.6) is 0 Å². The van der Waals surface area contributed by atoms with Crippen LogP contribution in [-0.2, 0) is 19.1 Å². The van der Waals surface area contributed by atoms with Crippen molar-refractivity contribution in [1.82, 2.24) is 0 Å². The van der Waals surface area contributed by atoms with Crippen LogP contribution in [0.15, 0.2) is 36.4 Å². The van der Waals surface area contributed by atoms with Gasteiger partial charge in [0.2, 0.25) is 0 Å². The molecular formula is C15H15NO4. The molecule has 2 aliphatic heterocycles. The molecule has 0 amide bonds. The van der Waals surface area contributed by atoms with Crippen LogP contribution in [0.3, 0.4) is 0 Å². The molecule has 0 fully saturated rings. The molecule has 3 rings (SSSR count). The van der Waals surface area contributed by atoms with Crippen molar-refractivity contribution in [3.63, 3.8) is 0 Å². The maximum absolute atomic E-state index is 12.4. The van der Waals surface area contributed by atoms with Gasteiger partial charge in [0.1, 0.15) is 5.92 Å². The minimum atomic E-state index is -1.12. The Morgan fingerprint density at radius 1 is 1.25 bits per heavy atom. The first-order chi connectivity index (χ1) is 9.66. The third-order valence-corrected chi connectivity index (χ3v) is 4.03. The summed E-state index contributed by atoms with van der Waals surface area (Å²) in [5.41, 5.74) is 0.554. The van der Waals surface area contributed by atoms with E-state index < -0.39 is 23.4 Å². The topological polar surface area (TPSA) is 55.8 Å². The number of fused-ring (bicyclic) bond motifs is 3. The van der Waals surface area contributed by atoms with Crippen molar-refractivity contribution >= 4 is 17.6 Å². The average molecular weight is 273 g/mol. The predicted octanol–water partition coefficient (Wildman–Crippen LogP) is 1.24.